The van der Waals surface area contributed by atoms with Crippen LogP contribution >= 0.6 is 0 Å². The summed E-state index contributed by atoms with van der Waals surface area (Å²) in [6.07, 6.45) is 1.86. The van der Waals surface area contributed by atoms with Crippen LogP contribution < -0.4 is 4.74 Å². The maximum Gasteiger partial charge on any atom is 0.354 e. The minimum atomic E-state index is -1.16. The Kier molecular flexibility index (Phi) is 6.72. The van der Waals surface area contributed by atoms with Crippen LogP contribution in [0, 0.1) is 0 Å². The lowest BCUT2D eigenvalue weighted by Crippen LogP contribution is -2.32. The normalized spacial score (nSPS) is 11.9. The number of hydrogen-bond acceptors (Lipinski definition) is 4. The van der Waals surface area contributed by atoms with Gasteiger partial charge in [-0.15, -0.1) is 0 Å². The zero-order valence-corrected chi connectivity index (χ0v) is 20.3. The van der Waals surface area contributed by atoms with Gasteiger partial charge in [-0.3, -0.25) is 0 Å². The Bertz CT molecular complexity index is 1430. The fourth-order valence-corrected chi connectivity index (χ4v) is 4.56. The van der Waals surface area contributed by atoms with E-state index in [9.17, 15) is 9.90 Å². The lowest BCUT2D eigenvalue weighted by Gasteiger charge is -2.33. The third-order valence-electron chi connectivity index (χ3n) is 6.41. The zero-order chi connectivity index (χ0) is 25.7. The molecular formula is C31H26N2O4. The maximum atomic E-state index is 12.4. The van der Waals surface area contributed by atoms with Gasteiger partial charge in [-0.1, -0.05) is 96.2 Å². The number of fused-ring (bicyclic) bond motifs is 1. The van der Waals surface area contributed by atoms with Crippen LogP contribution in [0.15, 0.2) is 121 Å². The number of aliphatic carboxylic acids is 1. The topological polar surface area (TPSA) is 83.9 Å². The van der Waals surface area contributed by atoms with Crippen LogP contribution in [0.2, 0.25) is 0 Å². The molecule has 4 aromatic carbocycles. The van der Waals surface area contributed by atoms with Gasteiger partial charge >= 0.3 is 5.97 Å². The van der Waals surface area contributed by atoms with Gasteiger partial charge in [0.25, 0.3) is 0 Å². The van der Waals surface area contributed by atoms with Crippen molar-refractivity contribution in [2.45, 2.75) is 12.0 Å². The molecule has 6 nitrogen and oxygen atoms in total. The maximum absolute atomic E-state index is 12.4. The molecule has 0 aliphatic rings. The van der Waals surface area contributed by atoms with Crippen molar-refractivity contribution in [3.05, 3.63) is 138 Å². The smallest absolute Gasteiger partial charge is 0.354 e. The molecule has 37 heavy (non-hydrogen) atoms. The van der Waals surface area contributed by atoms with E-state index in [2.05, 4.69) is 10.1 Å². The number of aromatic amines is 1. The molecule has 0 aliphatic carbocycles. The van der Waals surface area contributed by atoms with Crippen molar-refractivity contribution in [3.8, 4) is 5.75 Å². The highest BCUT2D eigenvalue weighted by molar-refractivity contribution is 6.36. The molecule has 5 aromatic rings. The summed E-state index contributed by atoms with van der Waals surface area (Å²) in [4.78, 5) is 21.9. The fraction of sp³-hybridized carbons (Fsp3) is 0.0968. The number of hydrogen-bond donors (Lipinski definition) is 2. The number of nitrogens with zero attached hydrogens (tertiary/aromatic N) is 1. The number of aromatic nitrogens is 1. The minimum Gasteiger partial charge on any atom is -0.497 e. The van der Waals surface area contributed by atoms with Gasteiger partial charge in [-0.25, -0.2) is 4.79 Å². The van der Waals surface area contributed by atoms with E-state index in [0.29, 0.717) is 5.75 Å². The number of carboxylic acid groups (broad SMARTS) is 1. The predicted molar refractivity (Wildman–Crippen MR) is 144 cm³/mol. The molecule has 0 unspecified atom stereocenters. The summed E-state index contributed by atoms with van der Waals surface area (Å²) in [6, 6.07) is 34.8. The second kappa shape index (κ2) is 10.4. The second-order valence-corrected chi connectivity index (χ2v) is 8.62. The van der Waals surface area contributed by atoms with Crippen molar-refractivity contribution in [2.24, 2.45) is 5.16 Å². The summed E-state index contributed by atoms with van der Waals surface area (Å²) in [5.74, 6) is -0.463. The van der Waals surface area contributed by atoms with Crippen LogP contribution in [0.4, 0.5) is 0 Å². The third kappa shape index (κ3) is 4.69. The van der Waals surface area contributed by atoms with Gasteiger partial charge in [0.05, 0.1) is 7.11 Å². The molecule has 0 fully saturated rings. The molecule has 0 amide bonds. The van der Waals surface area contributed by atoms with Crippen molar-refractivity contribution >= 4 is 22.6 Å². The van der Waals surface area contributed by atoms with Gasteiger partial charge in [0.1, 0.15) is 5.75 Å². The molecule has 1 aromatic heterocycles. The van der Waals surface area contributed by atoms with Gasteiger partial charge in [-0.05, 0) is 23.8 Å². The van der Waals surface area contributed by atoms with Gasteiger partial charge in [0, 0.05) is 40.2 Å². The lowest BCUT2D eigenvalue weighted by molar-refractivity contribution is -0.129. The molecule has 2 N–H and O–H groups in total. The molecule has 0 atom stereocenters. The van der Waals surface area contributed by atoms with E-state index in [4.69, 9.17) is 9.57 Å². The van der Waals surface area contributed by atoms with Crippen LogP contribution in [0.1, 0.15) is 22.3 Å². The second-order valence-electron chi connectivity index (χ2n) is 8.62. The van der Waals surface area contributed by atoms with E-state index < -0.39 is 11.6 Å². The Morgan fingerprint density at radius 3 is 1.86 bits per heavy atom. The number of rotatable bonds is 9. The first-order valence-electron chi connectivity index (χ1n) is 11.9. The number of nitrogens with one attached hydrogen (secondary N) is 1. The van der Waals surface area contributed by atoms with Crippen LogP contribution in [0.3, 0.4) is 0 Å². The van der Waals surface area contributed by atoms with E-state index in [0.717, 1.165) is 33.2 Å². The molecule has 0 saturated carbocycles. The molecule has 0 spiro atoms. The largest absolute Gasteiger partial charge is 0.497 e. The van der Waals surface area contributed by atoms with Crippen molar-refractivity contribution in [2.75, 3.05) is 7.11 Å². The Morgan fingerprint density at radius 2 is 1.38 bits per heavy atom. The Morgan fingerprint density at radius 1 is 0.838 bits per heavy atom. The van der Waals surface area contributed by atoms with E-state index >= 15 is 0 Å². The van der Waals surface area contributed by atoms with Gasteiger partial charge in [-0.2, -0.15) is 0 Å². The molecule has 184 valence electrons. The number of carboxylic acids is 1. The summed E-state index contributed by atoms with van der Waals surface area (Å²) >= 11 is 0. The SMILES string of the molecule is COc1ccc2[nH]cc(C/C(=N\OC(c3ccccc3)(c3ccccc3)c3ccccc3)C(=O)O)c2c1. The Balaban J connectivity index is 1.63. The first-order chi connectivity index (χ1) is 18.1. The highest BCUT2D eigenvalue weighted by Crippen LogP contribution is 2.40. The predicted octanol–water partition coefficient (Wildman–Crippen LogP) is 6.17. The summed E-state index contributed by atoms with van der Waals surface area (Å²) in [5, 5.41) is 15.3. The number of ether oxygens (including phenoxy) is 1. The lowest BCUT2D eigenvalue weighted by atomic mass is 9.80. The van der Waals surface area contributed by atoms with Crippen LogP contribution in [0.25, 0.3) is 10.9 Å². The highest BCUT2D eigenvalue weighted by Gasteiger charge is 2.40. The average molecular weight is 491 g/mol. The van der Waals surface area contributed by atoms with Crippen molar-refractivity contribution in [3.63, 3.8) is 0 Å². The van der Waals surface area contributed by atoms with E-state index in [1.807, 2.05) is 109 Å². The van der Waals surface area contributed by atoms with E-state index in [-0.39, 0.29) is 12.1 Å². The Labute approximate surface area is 214 Å². The number of H-pyrrole nitrogens is 1. The summed E-state index contributed by atoms with van der Waals surface area (Å²) in [6.45, 7) is 0. The van der Waals surface area contributed by atoms with Crippen molar-refractivity contribution in [1.29, 1.82) is 0 Å². The van der Waals surface area contributed by atoms with E-state index in [1.54, 1.807) is 13.3 Å². The molecule has 0 radical (unpaired) electrons. The third-order valence-corrected chi connectivity index (χ3v) is 6.41. The first kappa shape index (κ1) is 23.9. The summed E-state index contributed by atoms with van der Waals surface area (Å²) < 4.78 is 5.35. The average Bonchev–Trinajstić information content (AvgIpc) is 3.36. The molecule has 6 heteroatoms. The number of carbonyl (C=O) groups is 1. The van der Waals surface area contributed by atoms with Crippen molar-refractivity contribution in [1.82, 2.24) is 4.98 Å². The van der Waals surface area contributed by atoms with Crippen LogP contribution in [-0.4, -0.2) is 28.9 Å². The molecule has 0 saturated heterocycles. The molecule has 1 heterocycles. The Hall–Kier alpha value is -4.84. The van der Waals surface area contributed by atoms with Gasteiger partial charge in [0.15, 0.2) is 5.71 Å². The van der Waals surface area contributed by atoms with Crippen molar-refractivity contribution < 1.29 is 19.5 Å². The van der Waals surface area contributed by atoms with E-state index in [1.165, 1.54) is 0 Å². The van der Waals surface area contributed by atoms with Gasteiger partial charge < -0.3 is 19.7 Å². The molecular weight excluding hydrogens is 464 g/mol. The summed E-state index contributed by atoms with van der Waals surface area (Å²) in [7, 11) is 1.60. The first-order valence-corrected chi connectivity index (χ1v) is 11.9. The fourth-order valence-electron chi connectivity index (χ4n) is 4.56. The number of methoxy groups -OCH3 is 1. The molecule has 5 rings (SSSR count). The van der Waals surface area contributed by atoms with Gasteiger partial charge in [0.2, 0.25) is 5.60 Å². The van der Waals surface area contributed by atoms with Crippen LogP contribution in [-0.2, 0) is 21.7 Å². The molecule has 0 bridgehead atoms. The summed E-state index contributed by atoms with van der Waals surface area (Å²) in [5.41, 5.74) is 2.88. The zero-order valence-electron chi connectivity index (χ0n) is 20.3. The standard InChI is InChI=1S/C31H26N2O4/c1-36-26-17-18-28-27(20-26)22(21-32-28)19-29(30(34)35)33-37-31(23-11-5-2-6-12-23,24-13-7-3-8-14-24)25-15-9-4-10-16-25/h2-18,20-21,32H,19H2,1H3,(H,34,35)/b33-29+. The number of benzene rings is 4. The van der Waals surface area contributed by atoms with Crippen LogP contribution in [0.5, 0.6) is 5.75 Å². The minimum absolute atomic E-state index is 0.0664. The highest BCUT2D eigenvalue weighted by atomic mass is 16.7. The monoisotopic (exact) mass is 490 g/mol. The quantitative estimate of drug-likeness (QED) is 0.147. The number of oxime groups is 1. The molecule has 0 aliphatic heterocycles.